The molecule has 2 saturated carbocycles. The number of pyridine rings is 1. The van der Waals surface area contributed by atoms with E-state index in [9.17, 15) is 31.2 Å². The van der Waals surface area contributed by atoms with Crippen molar-refractivity contribution in [1.29, 1.82) is 0 Å². The van der Waals surface area contributed by atoms with Gasteiger partial charge in [0.1, 0.15) is 5.69 Å². The van der Waals surface area contributed by atoms with E-state index in [4.69, 9.17) is 5.11 Å². The number of benzene rings is 1. The van der Waals surface area contributed by atoms with Crippen LogP contribution in [0.1, 0.15) is 61.3 Å². The van der Waals surface area contributed by atoms with Crippen molar-refractivity contribution in [1.82, 2.24) is 4.57 Å². The summed E-state index contributed by atoms with van der Waals surface area (Å²) in [6, 6.07) is 6.84. The number of sulfonamides is 1. The number of aliphatic hydroxyl groups is 1. The predicted octanol–water partition coefficient (Wildman–Crippen LogP) is 4.12. The Bertz CT molecular complexity index is 1430. The molecule has 3 aliphatic rings. The maximum atomic E-state index is 13.5. The van der Waals surface area contributed by atoms with Gasteiger partial charge in [-0.3, -0.25) is 14.3 Å². The van der Waals surface area contributed by atoms with Gasteiger partial charge < -0.3 is 19.9 Å². The van der Waals surface area contributed by atoms with Gasteiger partial charge in [-0.2, -0.15) is 13.2 Å². The predicted molar refractivity (Wildman–Crippen MR) is 145 cm³/mol. The lowest BCUT2D eigenvalue weighted by Gasteiger charge is -2.35. The van der Waals surface area contributed by atoms with Crippen molar-refractivity contribution in [3.05, 3.63) is 52.4 Å². The number of alkyl halides is 3. The molecule has 1 aliphatic heterocycles. The molecule has 2 aliphatic carbocycles. The minimum Gasteiger partial charge on any atom is -0.395 e. The minimum atomic E-state index is -4.31. The summed E-state index contributed by atoms with van der Waals surface area (Å²) in [6.45, 7) is 0.837. The van der Waals surface area contributed by atoms with Crippen molar-refractivity contribution >= 4 is 33.0 Å². The first kappa shape index (κ1) is 28.5. The molecule has 5 rings (SSSR count). The van der Waals surface area contributed by atoms with Crippen molar-refractivity contribution in [3.63, 3.8) is 0 Å². The quantitative estimate of drug-likeness (QED) is 0.431. The van der Waals surface area contributed by atoms with Gasteiger partial charge in [-0.25, -0.2) is 8.42 Å². The molecule has 0 bridgehead atoms. The van der Waals surface area contributed by atoms with Crippen molar-refractivity contribution in [2.24, 2.45) is 11.3 Å². The average Bonchev–Trinajstić information content (AvgIpc) is 3.43. The van der Waals surface area contributed by atoms with E-state index in [2.05, 4.69) is 10.0 Å². The van der Waals surface area contributed by atoms with Crippen LogP contribution >= 0.6 is 0 Å². The van der Waals surface area contributed by atoms with E-state index >= 15 is 0 Å². The van der Waals surface area contributed by atoms with E-state index in [0.717, 1.165) is 12.8 Å². The topological polar surface area (TPSA) is 121 Å². The van der Waals surface area contributed by atoms with Crippen LogP contribution in [0.5, 0.6) is 0 Å². The summed E-state index contributed by atoms with van der Waals surface area (Å²) < 4.78 is 67.7. The molecule has 3 N–H and O–H groups in total. The molecule has 1 spiro atoms. The number of rotatable bonds is 8. The van der Waals surface area contributed by atoms with E-state index in [1.165, 1.54) is 47.9 Å². The van der Waals surface area contributed by atoms with Gasteiger partial charge >= 0.3 is 6.18 Å². The van der Waals surface area contributed by atoms with E-state index < -0.39 is 52.0 Å². The number of halogens is 3. The highest BCUT2D eigenvalue weighted by molar-refractivity contribution is 7.92. The highest BCUT2D eigenvalue weighted by Gasteiger charge is 2.45. The number of hydrogen-bond donors (Lipinski definition) is 3. The number of nitrogens with one attached hydrogen (secondary N) is 2. The zero-order valence-corrected chi connectivity index (χ0v) is 22.7. The summed E-state index contributed by atoms with van der Waals surface area (Å²) in [5, 5.41) is 11.7. The fourth-order valence-corrected chi connectivity index (χ4v) is 6.72. The minimum absolute atomic E-state index is 0.0442. The van der Waals surface area contributed by atoms with Crippen LogP contribution in [0.25, 0.3) is 0 Å². The molecule has 2 heterocycles. The molecule has 40 heavy (non-hydrogen) atoms. The first-order chi connectivity index (χ1) is 18.9. The Balaban J connectivity index is 1.39. The second kappa shape index (κ2) is 10.7. The van der Waals surface area contributed by atoms with Crippen LogP contribution in [0.2, 0.25) is 0 Å². The van der Waals surface area contributed by atoms with Crippen LogP contribution < -0.4 is 20.5 Å². The first-order valence-corrected chi connectivity index (χ1v) is 15.1. The Morgan fingerprint density at radius 3 is 2.45 bits per heavy atom. The van der Waals surface area contributed by atoms with E-state index in [0.29, 0.717) is 24.2 Å². The first-order valence-electron chi connectivity index (χ1n) is 13.5. The molecule has 13 heteroatoms. The SMILES string of the molecule is O=C(Nc1cccn(C2CCC(C(F)(F)F)C2)c1=O)c1ccc(NS(=O)(=O)CCO)cc1N1CCC2(CC1)CC2. The largest absolute Gasteiger partial charge is 0.395 e. The molecule has 3 fully saturated rings. The average molecular weight is 583 g/mol. The lowest BCUT2D eigenvalue weighted by molar-refractivity contribution is -0.173. The lowest BCUT2D eigenvalue weighted by Crippen LogP contribution is -2.36. The van der Waals surface area contributed by atoms with E-state index in [1.54, 1.807) is 6.07 Å². The van der Waals surface area contributed by atoms with Crippen LogP contribution in [-0.4, -0.2) is 55.6 Å². The van der Waals surface area contributed by atoms with Crippen molar-refractivity contribution in [3.8, 4) is 0 Å². The van der Waals surface area contributed by atoms with E-state index in [1.807, 2.05) is 4.90 Å². The molecular formula is C27H33F3N4O5S. The smallest absolute Gasteiger partial charge is 0.391 e. The van der Waals surface area contributed by atoms with Crippen molar-refractivity contribution in [2.75, 3.05) is 40.4 Å². The Morgan fingerprint density at radius 1 is 1.10 bits per heavy atom. The number of nitrogens with zero attached hydrogens (tertiary/aromatic N) is 2. The Labute approximate surface area is 230 Å². The standard InChI is InChI=1S/C27H33F3N4O5S/c28-27(29,30)18-3-5-20(16-18)34-11-1-2-22(25(34)37)31-24(36)21-6-4-19(32-40(38,39)15-14-35)17-23(21)33-12-9-26(7-8-26)10-13-33/h1-2,4,6,11,17-18,20,32,35H,3,5,7-10,12-16H2,(H,31,36). The molecule has 0 radical (unpaired) electrons. The Morgan fingerprint density at radius 2 is 1.82 bits per heavy atom. The van der Waals surface area contributed by atoms with Gasteiger partial charge in [0.2, 0.25) is 10.0 Å². The van der Waals surface area contributed by atoms with Gasteiger partial charge in [-0.1, -0.05) is 0 Å². The number of amides is 1. The van der Waals surface area contributed by atoms with Crippen LogP contribution in [0.15, 0.2) is 41.3 Å². The summed E-state index contributed by atoms with van der Waals surface area (Å²) in [7, 11) is -3.79. The molecule has 1 amide bonds. The third kappa shape index (κ3) is 6.14. The molecule has 2 unspecified atom stereocenters. The third-order valence-electron chi connectivity index (χ3n) is 8.48. The second-order valence-corrected chi connectivity index (χ2v) is 13.0. The summed E-state index contributed by atoms with van der Waals surface area (Å²) in [5.74, 6) is -2.51. The molecule has 1 aromatic heterocycles. The maximum absolute atomic E-state index is 13.5. The normalized spacial score (nSPS) is 22.4. The molecule has 1 saturated heterocycles. The molecular weight excluding hydrogens is 549 g/mol. The zero-order chi connectivity index (χ0) is 28.7. The Hall–Kier alpha value is -3.06. The molecule has 9 nitrogen and oxygen atoms in total. The number of hydrogen-bond acceptors (Lipinski definition) is 6. The summed E-state index contributed by atoms with van der Waals surface area (Å²) in [5.41, 5.74) is 0.736. The zero-order valence-electron chi connectivity index (χ0n) is 21.9. The van der Waals surface area contributed by atoms with Crippen LogP contribution in [-0.2, 0) is 10.0 Å². The summed E-state index contributed by atoms with van der Waals surface area (Å²) in [6.07, 6.45) is 1.39. The highest BCUT2D eigenvalue weighted by atomic mass is 32.2. The van der Waals surface area contributed by atoms with E-state index in [-0.39, 0.29) is 36.2 Å². The van der Waals surface area contributed by atoms with Gasteiger partial charge in [0.05, 0.1) is 35.2 Å². The lowest BCUT2D eigenvalue weighted by atomic mass is 9.93. The van der Waals surface area contributed by atoms with Crippen LogP contribution in [0, 0.1) is 11.3 Å². The third-order valence-corrected chi connectivity index (χ3v) is 9.75. The van der Waals surface area contributed by atoms with Crippen molar-refractivity contribution < 1.29 is 31.5 Å². The number of anilines is 3. The Kier molecular flexibility index (Phi) is 7.64. The van der Waals surface area contributed by atoms with Crippen LogP contribution in [0.3, 0.4) is 0 Å². The molecule has 218 valence electrons. The number of carbonyl (C=O) groups is 1. The number of piperidine rings is 1. The maximum Gasteiger partial charge on any atom is 0.391 e. The van der Waals surface area contributed by atoms with Gasteiger partial charge in [0.25, 0.3) is 11.5 Å². The number of aromatic nitrogens is 1. The van der Waals surface area contributed by atoms with Crippen LogP contribution in [0.4, 0.5) is 30.2 Å². The van der Waals surface area contributed by atoms with Gasteiger partial charge in [-0.15, -0.1) is 0 Å². The highest BCUT2D eigenvalue weighted by Crippen LogP contribution is 2.54. The monoisotopic (exact) mass is 582 g/mol. The molecule has 1 aromatic carbocycles. The fourth-order valence-electron chi connectivity index (χ4n) is 5.89. The van der Waals surface area contributed by atoms with Gasteiger partial charge in [0, 0.05) is 25.3 Å². The summed E-state index contributed by atoms with van der Waals surface area (Å²) >= 11 is 0. The second-order valence-electron chi connectivity index (χ2n) is 11.2. The fraction of sp³-hybridized carbons (Fsp3) is 0.556. The number of carbonyl (C=O) groups excluding carboxylic acids is 1. The van der Waals surface area contributed by atoms with Gasteiger partial charge in [0.15, 0.2) is 0 Å². The summed E-state index contributed by atoms with van der Waals surface area (Å²) in [4.78, 5) is 28.7. The molecule has 2 atom stereocenters. The van der Waals surface area contributed by atoms with Crippen molar-refractivity contribution in [2.45, 2.75) is 57.2 Å². The number of aliphatic hydroxyl groups excluding tert-OH is 1. The molecule has 2 aromatic rings. The van der Waals surface area contributed by atoms with Gasteiger partial charge in [-0.05, 0) is 80.7 Å².